The number of hydrogen-bond donors (Lipinski definition) is 1. The maximum atomic E-state index is 11.2. The molecule has 0 aliphatic heterocycles. The number of hydrogen-bond acceptors (Lipinski definition) is 4. The zero-order chi connectivity index (χ0) is 17.2. The summed E-state index contributed by atoms with van der Waals surface area (Å²) in [7, 11) is 0. The summed E-state index contributed by atoms with van der Waals surface area (Å²) in [5.74, 6) is 5.22. The summed E-state index contributed by atoms with van der Waals surface area (Å²) in [4.78, 5) is 17.5. The van der Waals surface area contributed by atoms with E-state index in [1.54, 1.807) is 6.20 Å². The minimum Gasteiger partial charge on any atom is -0.477 e. The molecule has 3 aromatic heterocycles. The molecule has 3 heterocycles. The fourth-order valence-electron chi connectivity index (χ4n) is 2.35. The van der Waals surface area contributed by atoms with E-state index in [0.717, 1.165) is 15.3 Å². The molecular weight excluding hydrogens is 334 g/mol. The second-order valence-corrected chi connectivity index (χ2v) is 6.31. The average Bonchev–Trinajstić information content (AvgIpc) is 3.27. The molecule has 0 saturated heterocycles. The fraction of sp³-hybridized carbons (Fsp3) is 0. The van der Waals surface area contributed by atoms with Crippen molar-refractivity contribution in [2.75, 3.05) is 0 Å². The summed E-state index contributed by atoms with van der Waals surface area (Å²) in [5.41, 5.74) is 2.08. The summed E-state index contributed by atoms with van der Waals surface area (Å²) in [5, 5.41) is 13.2. The zero-order valence-corrected chi connectivity index (χ0v) is 13.7. The molecule has 1 aromatic carbocycles. The lowest BCUT2D eigenvalue weighted by Crippen LogP contribution is -1.98. The SMILES string of the molecule is O=C(O)c1cnn2ccc(-c3ccc(C#Cc4ccccc4)s3)nc12. The molecule has 0 bridgehead atoms. The van der Waals surface area contributed by atoms with Crippen LogP contribution >= 0.6 is 11.3 Å². The highest BCUT2D eigenvalue weighted by atomic mass is 32.1. The van der Waals surface area contributed by atoms with E-state index in [-0.39, 0.29) is 5.56 Å². The van der Waals surface area contributed by atoms with Crippen LogP contribution in [0.3, 0.4) is 0 Å². The molecular formula is C19H11N3O2S. The van der Waals surface area contributed by atoms with Crippen LogP contribution in [-0.2, 0) is 0 Å². The summed E-state index contributed by atoms with van der Waals surface area (Å²) in [6, 6.07) is 15.5. The first kappa shape index (κ1) is 15.1. The molecule has 0 spiro atoms. The van der Waals surface area contributed by atoms with Crippen molar-refractivity contribution in [1.29, 1.82) is 0 Å². The van der Waals surface area contributed by atoms with Gasteiger partial charge in [0.05, 0.1) is 21.6 Å². The number of carbonyl (C=O) groups is 1. The minimum absolute atomic E-state index is 0.0856. The topological polar surface area (TPSA) is 67.5 Å². The van der Waals surface area contributed by atoms with E-state index in [9.17, 15) is 9.90 Å². The smallest absolute Gasteiger partial charge is 0.341 e. The lowest BCUT2D eigenvalue weighted by molar-refractivity contribution is 0.0699. The van der Waals surface area contributed by atoms with Crippen molar-refractivity contribution in [3.8, 4) is 22.4 Å². The number of aromatic nitrogens is 3. The second-order valence-electron chi connectivity index (χ2n) is 5.22. The van der Waals surface area contributed by atoms with Crippen molar-refractivity contribution in [3.05, 3.63) is 76.9 Å². The highest BCUT2D eigenvalue weighted by molar-refractivity contribution is 7.16. The Bertz CT molecular complexity index is 1130. The lowest BCUT2D eigenvalue weighted by Gasteiger charge is -1.98. The Morgan fingerprint density at radius 2 is 1.92 bits per heavy atom. The second kappa shape index (κ2) is 6.23. The van der Waals surface area contributed by atoms with Crippen molar-refractivity contribution >= 4 is 23.0 Å². The van der Waals surface area contributed by atoms with Crippen molar-refractivity contribution in [3.63, 3.8) is 0 Å². The maximum Gasteiger partial charge on any atom is 0.341 e. The maximum absolute atomic E-state index is 11.2. The number of carboxylic acids is 1. The molecule has 0 amide bonds. The summed E-state index contributed by atoms with van der Waals surface area (Å²) in [6.45, 7) is 0. The van der Waals surface area contributed by atoms with E-state index in [4.69, 9.17) is 0 Å². The molecule has 6 heteroatoms. The standard InChI is InChI=1S/C19H11N3O2S/c23-19(24)15-12-20-22-11-10-16(21-18(15)22)17-9-8-14(25-17)7-6-13-4-2-1-3-5-13/h1-5,8-12H,(H,23,24). The quantitative estimate of drug-likeness (QED) is 0.564. The number of aromatic carboxylic acids is 1. The fourth-order valence-corrected chi connectivity index (χ4v) is 3.18. The predicted octanol–water partition coefficient (Wildman–Crippen LogP) is 3.56. The van der Waals surface area contributed by atoms with Crippen LogP contribution in [0.1, 0.15) is 20.8 Å². The largest absolute Gasteiger partial charge is 0.477 e. The van der Waals surface area contributed by atoms with Crippen LogP contribution < -0.4 is 0 Å². The number of thiophene rings is 1. The molecule has 5 nitrogen and oxygen atoms in total. The van der Waals surface area contributed by atoms with Gasteiger partial charge in [0, 0.05) is 11.8 Å². The molecule has 0 aliphatic carbocycles. The molecule has 0 saturated carbocycles. The third kappa shape index (κ3) is 3.01. The van der Waals surface area contributed by atoms with Gasteiger partial charge in [-0.05, 0) is 30.3 Å². The lowest BCUT2D eigenvalue weighted by atomic mass is 10.2. The van der Waals surface area contributed by atoms with Gasteiger partial charge in [-0.2, -0.15) is 5.10 Å². The number of carboxylic acid groups (broad SMARTS) is 1. The van der Waals surface area contributed by atoms with Gasteiger partial charge in [0.15, 0.2) is 5.65 Å². The number of benzene rings is 1. The number of fused-ring (bicyclic) bond motifs is 1. The summed E-state index contributed by atoms with van der Waals surface area (Å²) < 4.78 is 1.46. The van der Waals surface area contributed by atoms with E-state index in [0.29, 0.717) is 11.3 Å². The Balaban J connectivity index is 1.68. The van der Waals surface area contributed by atoms with Gasteiger partial charge in [0.25, 0.3) is 0 Å². The Labute approximate surface area is 147 Å². The van der Waals surface area contributed by atoms with Gasteiger partial charge < -0.3 is 5.11 Å². The van der Waals surface area contributed by atoms with Gasteiger partial charge in [-0.25, -0.2) is 14.3 Å². The van der Waals surface area contributed by atoms with Gasteiger partial charge in [0.1, 0.15) is 5.56 Å². The average molecular weight is 345 g/mol. The third-order valence-electron chi connectivity index (χ3n) is 3.56. The van der Waals surface area contributed by atoms with Crippen LogP contribution in [0.5, 0.6) is 0 Å². The monoisotopic (exact) mass is 345 g/mol. The normalized spacial score (nSPS) is 10.4. The van der Waals surface area contributed by atoms with E-state index in [1.807, 2.05) is 48.5 Å². The van der Waals surface area contributed by atoms with E-state index in [2.05, 4.69) is 21.9 Å². The zero-order valence-electron chi connectivity index (χ0n) is 12.9. The van der Waals surface area contributed by atoms with Gasteiger partial charge in [0.2, 0.25) is 0 Å². The van der Waals surface area contributed by atoms with Gasteiger partial charge in [-0.1, -0.05) is 30.0 Å². The van der Waals surface area contributed by atoms with Crippen molar-refractivity contribution < 1.29 is 9.90 Å². The van der Waals surface area contributed by atoms with Gasteiger partial charge in [-0.15, -0.1) is 11.3 Å². The molecule has 4 rings (SSSR count). The van der Waals surface area contributed by atoms with Gasteiger partial charge >= 0.3 is 5.97 Å². The molecule has 1 N–H and O–H groups in total. The van der Waals surface area contributed by atoms with Crippen molar-refractivity contribution in [2.45, 2.75) is 0 Å². The molecule has 0 unspecified atom stereocenters. The number of nitrogens with zero attached hydrogens (tertiary/aromatic N) is 3. The highest BCUT2D eigenvalue weighted by Gasteiger charge is 2.14. The molecule has 0 atom stereocenters. The minimum atomic E-state index is -1.04. The van der Waals surface area contributed by atoms with Crippen LogP contribution in [-0.4, -0.2) is 25.7 Å². The first-order valence-corrected chi connectivity index (χ1v) is 8.27. The highest BCUT2D eigenvalue weighted by Crippen LogP contribution is 2.27. The molecule has 0 radical (unpaired) electrons. The van der Waals surface area contributed by atoms with Crippen LogP contribution in [0.4, 0.5) is 0 Å². The first-order chi connectivity index (χ1) is 12.2. The predicted molar refractivity (Wildman–Crippen MR) is 95.7 cm³/mol. The summed E-state index contributed by atoms with van der Waals surface area (Å²) >= 11 is 1.52. The van der Waals surface area contributed by atoms with Crippen molar-refractivity contribution in [1.82, 2.24) is 14.6 Å². The Morgan fingerprint density at radius 3 is 2.72 bits per heavy atom. The van der Waals surface area contributed by atoms with Crippen LogP contribution in [0.15, 0.2) is 60.9 Å². The third-order valence-corrected chi connectivity index (χ3v) is 4.58. The first-order valence-electron chi connectivity index (χ1n) is 7.46. The number of rotatable bonds is 2. The van der Waals surface area contributed by atoms with Gasteiger partial charge in [-0.3, -0.25) is 0 Å². The Kier molecular flexibility index (Phi) is 3.77. The molecule has 0 aliphatic rings. The van der Waals surface area contributed by atoms with E-state index < -0.39 is 5.97 Å². The van der Waals surface area contributed by atoms with Crippen molar-refractivity contribution in [2.24, 2.45) is 0 Å². The van der Waals surface area contributed by atoms with Crippen LogP contribution in [0.25, 0.3) is 16.2 Å². The van der Waals surface area contributed by atoms with E-state index in [1.165, 1.54) is 22.0 Å². The molecule has 120 valence electrons. The Morgan fingerprint density at radius 1 is 1.08 bits per heavy atom. The van der Waals surface area contributed by atoms with Crippen LogP contribution in [0.2, 0.25) is 0 Å². The molecule has 4 aromatic rings. The molecule has 0 fully saturated rings. The van der Waals surface area contributed by atoms with E-state index >= 15 is 0 Å². The molecule has 25 heavy (non-hydrogen) atoms. The Hall–Kier alpha value is -3.43. The summed E-state index contributed by atoms with van der Waals surface area (Å²) in [6.07, 6.45) is 3.01. The van der Waals surface area contributed by atoms with Crippen LogP contribution in [0, 0.1) is 11.8 Å².